The maximum Gasteiger partial charge on any atom is 0.306 e. The van der Waals surface area contributed by atoms with Crippen LogP contribution in [0.3, 0.4) is 0 Å². The summed E-state index contributed by atoms with van der Waals surface area (Å²) in [5, 5.41) is 8.45. The number of hydrogen-bond acceptors (Lipinski definition) is 6. The predicted octanol–water partition coefficient (Wildman–Crippen LogP) is 6.24. The number of methoxy groups -OCH3 is 1. The molecular weight excluding hydrogens is 568 g/mol. The quantitative estimate of drug-likeness (QED) is 0.168. The number of nitrogens with one attached hydrogen (secondary N) is 3. The van der Waals surface area contributed by atoms with Crippen LogP contribution < -0.4 is 16.0 Å². The van der Waals surface area contributed by atoms with Gasteiger partial charge in [0.25, 0.3) is 11.8 Å². The van der Waals surface area contributed by atoms with Crippen molar-refractivity contribution in [2.75, 3.05) is 12.4 Å². The lowest BCUT2D eigenvalue weighted by Gasteiger charge is -2.24. The van der Waals surface area contributed by atoms with Crippen LogP contribution in [-0.2, 0) is 36.3 Å². The first-order valence-corrected chi connectivity index (χ1v) is 14.0. The molecule has 0 spiro atoms. The molecule has 228 valence electrons. The van der Waals surface area contributed by atoms with Crippen LogP contribution in [-0.4, -0.2) is 24.9 Å². The zero-order valence-electron chi connectivity index (χ0n) is 24.4. The molecule has 0 radical (unpaired) electrons. The van der Waals surface area contributed by atoms with Crippen LogP contribution in [0.4, 0.5) is 14.5 Å². The van der Waals surface area contributed by atoms with Gasteiger partial charge < -0.3 is 25.4 Å². The summed E-state index contributed by atoms with van der Waals surface area (Å²) < 4.78 is 40.9. The predicted molar refractivity (Wildman–Crippen MR) is 163 cm³/mol. The maximum absolute atomic E-state index is 15.1. The van der Waals surface area contributed by atoms with Gasteiger partial charge in [-0.15, -0.1) is 0 Å². The molecule has 0 unspecified atom stereocenters. The molecule has 44 heavy (non-hydrogen) atoms. The second-order valence-electron chi connectivity index (χ2n) is 9.90. The Morgan fingerprint density at radius 2 is 1.61 bits per heavy atom. The molecule has 0 saturated heterocycles. The van der Waals surface area contributed by atoms with E-state index in [4.69, 9.17) is 4.74 Å². The van der Waals surface area contributed by atoms with Crippen molar-refractivity contribution in [3.05, 3.63) is 125 Å². The molecular formula is C34H33F2N3O5. The van der Waals surface area contributed by atoms with Gasteiger partial charge in [-0.05, 0) is 41.8 Å². The van der Waals surface area contributed by atoms with E-state index in [1.54, 1.807) is 43.5 Å². The number of carbonyl (C=O) groups is 3. The Labute approximate surface area is 254 Å². The molecule has 3 aromatic carbocycles. The molecule has 10 heteroatoms. The standard InChI is InChI=1S/C34H33F2N3O5/c1-4-22(2)34(35,36)27-13-9-8-12-25(27)20-38-33(42)31-32(44-28(21-37-31)23-10-6-5-7-11-23)24-14-16-26(17-15-24)39-29(40)18-19-30(41)43-3/h5-17,21,37H,2,4,18-20H2,1,3H3,(H,38,42)(H,39,40). The van der Waals surface area contributed by atoms with Gasteiger partial charge in [-0.25, -0.2) is 0 Å². The van der Waals surface area contributed by atoms with Crippen molar-refractivity contribution in [1.29, 1.82) is 0 Å². The highest BCUT2D eigenvalue weighted by molar-refractivity contribution is 6.01. The molecule has 1 heterocycles. The Hall–Kier alpha value is -5.25. The molecule has 0 saturated carbocycles. The van der Waals surface area contributed by atoms with E-state index >= 15 is 8.78 Å². The third-order valence-corrected chi connectivity index (χ3v) is 6.95. The minimum absolute atomic E-state index is 0.0379. The lowest BCUT2D eigenvalue weighted by molar-refractivity contribution is -0.141. The van der Waals surface area contributed by atoms with Gasteiger partial charge >= 0.3 is 5.97 Å². The highest BCUT2D eigenvalue weighted by Crippen LogP contribution is 2.38. The average molecular weight is 602 g/mol. The summed E-state index contributed by atoms with van der Waals surface area (Å²) >= 11 is 0. The number of halogens is 2. The Morgan fingerprint density at radius 3 is 2.30 bits per heavy atom. The van der Waals surface area contributed by atoms with Gasteiger partial charge in [-0.2, -0.15) is 8.78 Å². The molecule has 0 fully saturated rings. The maximum atomic E-state index is 15.1. The minimum atomic E-state index is -3.25. The number of amides is 2. The van der Waals surface area contributed by atoms with E-state index in [0.29, 0.717) is 17.0 Å². The topological polar surface area (TPSA) is 106 Å². The van der Waals surface area contributed by atoms with Crippen molar-refractivity contribution >= 4 is 35.0 Å². The normalized spacial score (nSPS) is 12.8. The Balaban J connectivity index is 1.58. The van der Waals surface area contributed by atoms with E-state index in [0.717, 1.165) is 5.56 Å². The van der Waals surface area contributed by atoms with Crippen molar-refractivity contribution < 1.29 is 32.6 Å². The summed E-state index contributed by atoms with van der Waals surface area (Å²) in [6.45, 7) is 4.99. The number of carbonyl (C=O) groups excluding carboxylic acids is 3. The molecule has 0 aliphatic carbocycles. The number of ether oxygens (including phenoxy) is 2. The van der Waals surface area contributed by atoms with Crippen LogP contribution in [0.25, 0.3) is 11.5 Å². The van der Waals surface area contributed by atoms with Crippen molar-refractivity contribution in [3.63, 3.8) is 0 Å². The third kappa shape index (κ3) is 7.57. The fraction of sp³-hybridized carbons (Fsp3) is 0.206. The number of anilines is 1. The van der Waals surface area contributed by atoms with Crippen molar-refractivity contribution in [2.45, 2.75) is 38.7 Å². The summed E-state index contributed by atoms with van der Waals surface area (Å²) in [5.74, 6) is -4.01. The molecule has 2 amide bonds. The van der Waals surface area contributed by atoms with Crippen LogP contribution >= 0.6 is 0 Å². The van der Waals surface area contributed by atoms with Gasteiger partial charge in [0.05, 0.1) is 13.5 Å². The molecule has 1 aliphatic rings. The Morgan fingerprint density at radius 1 is 0.932 bits per heavy atom. The first-order valence-electron chi connectivity index (χ1n) is 14.0. The second-order valence-corrected chi connectivity index (χ2v) is 9.90. The molecule has 3 aromatic rings. The zero-order valence-corrected chi connectivity index (χ0v) is 24.4. The largest absolute Gasteiger partial charge is 0.469 e. The molecule has 1 aliphatic heterocycles. The Bertz CT molecular complexity index is 1600. The highest BCUT2D eigenvalue weighted by atomic mass is 19.3. The van der Waals surface area contributed by atoms with Crippen LogP contribution in [0.2, 0.25) is 0 Å². The van der Waals surface area contributed by atoms with Gasteiger partial charge in [0.2, 0.25) is 5.91 Å². The summed E-state index contributed by atoms with van der Waals surface area (Å²) in [7, 11) is 1.25. The number of esters is 1. The summed E-state index contributed by atoms with van der Waals surface area (Å²) in [5.41, 5.74) is 1.65. The van der Waals surface area contributed by atoms with Gasteiger partial charge in [-0.1, -0.05) is 68.1 Å². The molecule has 3 N–H and O–H groups in total. The van der Waals surface area contributed by atoms with E-state index in [-0.39, 0.29) is 59.9 Å². The van der Waals surface area contributed by atoms with Crippen LogP contribution in [0, 0.1) is 0 Å². The number of hydrogen-bond donors (Lipinski definition) is 3. The number of allylic oxidation sites excluding steroid dienone is 1. The Kier molecular flexibility index (Phi) is 10.3. The lowest BCUT2D eigenvalue weighted by Crippen LogP contribution is -2.33. The van der Waals surface area contributed by atoms with Crippen molar-refractivity contribution in [3.8, 4) is 0 Å². The molecule has 4 rings (SSSR count). The number of alkyl halides is 2. The fourth-order valence-corrected chi connectivity index (χ4v) is 4.41. The first kappa shape index (κ1) is 31.7. The summed E-state index contributed by atoms with van der Waals surface area (Å²) in [6, 6.07) is 21.9. The van der Waals surface area contributed by atoms with Gasteiger partial charge in [0.15, 0.2) is 11.5 Å². The van der Waals surface area contributed by atoms with Crippen molar-refractivity contribution in [2.24, 2.45) is 0 Å². The van der Waals surface area contributed by atoms with Gasteiger partial charge in [0, 0.05) is 41.5 Å². The lowest BCUT2D eigenvalue weighted by atomic mass is 9.95. The van der Waals surface area contributed by atoms with E-state index in [1.165, 1.54) is 25.3 Å². The molecule has 8 nitrogen and oxygen atoms in total. The number of benzene rings is 3. The first-order chi connectivity index (χ1) is 21.1. The highest BCUT2D eigenvalue weighted by Gasteiger charge is 2.36. The molecule has 0 bridgehead atoms. The summed E-state index contributed by atoms with van der Waals surface area (Å²) in [6.07, 6.45) is 1.58. The number of rotatable bonds is 12. The van der Waals surface area contributed by atoms with Crippen LogP contribution in [0.5, 0.6) is 0 Å². The SMILES string of the molecule is C=C(CC)C(F)(F)c1ccccc1CNC(=O)C1=C(c2ccc(NC(=O)CCC(=O)OC)cc2)OC(c2ccccc2)=CN1. The average Bonchev–Trinajstić information content (AvgIpc) is 3.06. The fourth-order valence-electron chi connectivity index (χ4n) is 4.41. The zero-order chi connectivity index (χ0) is 31.7. The third-order valence-electron chi connectivity index (χ3n) is 6.95. The second kappa shape index (κ2) is 14.3. The van der Waals surface area contributed by atoms with E-state index in [2.05, 4.69) is 27.3 Å². The van der Waals surface area contributed by atoms with Gasteiger partial charge in [-0.3, -0.25) is 14.4 Å². The smallest absolute Gasteiger partial charge is 0.306 e. The van der Waals surface area contributed by atoms with E-state index < -0.39 is 17.8 Å². The molecule has 0 aromatic heterocycles. The van der Waals surface area contributed by atoms with Crippen LogP contribution in [0.1, 0.15) is 48.4 Å². The molecule has 0 atom stereocenters. The minimum Gasteiger partial charge on any atom is -0.469 e. The monoisotopic (exact) mass is 601 g/mol. The van der Waals surface area contributed by atoms with Crippen LogP contribution in [0.15, 0.2) is 103 Å². The van der Waals surface area contributed by atoms with Crippen molar-refractivity contribution in [1.82, 2.24) is 10.6 Å². The van der Waals surface area contributed by atoms with E-state index in [1.807, 2.05) is 30.3 Å². The summed E-state index contributed by atoms with van der Waals surface area (Å²) in [4.78, 5) is 37.0. The van der Waals surface area contributed by atoms with Gasteiger partial charge in [0.1, 0.15) is 5.70 Å². The van der Waals surface area contributed by atoms with E-state index in [9.17, 15) is 14.4 Å².